The molecule has 0 unspecified atom stereocenters. The third-order valence-electron chi connectivity index (χ3n) is 2.95. The van der Waals surface area contributed by atoms with Crippen molar-refractivity contribution < 1.29 is 4.79 Å². The Morgan fingerprint density at radius 3 is 2.68 bits per heavy atom. The van der Waals surface area contributed by atoms with Crippen molar-refractivity contribution in [2.24, 2.45) is 0 Å². The minimum atomic E-state index is -0.183. The number of nitrogens with one attached hydrogen (secondary N) is 1. The molecule has 0 fully saturated rings. The summed E-state index contributed by atoms with van der Waals surface area (Å²) in [5, 5.41) is 4.61. The van der Waals surface area contributed by atoms with E-state index in [0.717, 1.165) is 33.8 Å². The van der Waals surface area contributed by atoms with Gasteiger partial charge in [0.25, 0.3) is 0 Å². The second-order valence-corrected chi connectivity index (χ2v) is 5.42. The molecule has 1 aromatic heterocycles. The van der Waals surface area contributed by atoms with Crippen LogP contribution in [0.5, 0.6) is 0 Å². The van der Waals surface area contributed by atoms with E-state index in [1.54, 1.807) is 5.38 Å². The van der Waals surface area contributed by atoms with E-state index in [-0.39, 0.29) is 17.3 Å². The molecule has 0 aliphatic carbocycles. The van der Waals surface area contributed by atoms with Crippen molar-refractivity contribution in [3.8, 4) is 0 Å². The largest absolute Gasteiger partial charge is 0.324 e. The number of amides is 1. The van der Waals surface area contributed by atoms with E-state index in [4.69, 9.17) is 0 Å². The Kier molecular flexibility index (Phi) is 3.85. The van der Waals surface area contributed by atoms with Crippen LogP contribution in [-0.2, 0) is 11.3 Å². The maximum absolute atomic E-state index is 12.0. The molecule has 0 radical (unpaired) electrons. The molecule has 0 atom stereocenters. The van der Waals surface area contributed by atoms with Gasteiger partial charge in [0.15, 0.2) is 0 Å². The smallest absolute Gasteiger partial charge is 0.307 e. The minimum Gasteiger partial charge on any atom is -0.324 e. The van der Waals surface area contributed by atoms with Gasteiger partial charge < -0.3 is 5.32 Å². The van der Waals surface area contributed by atoms with Gasteiger partial charge in [-0.15, -0.1) is 0 Å². The summed E-state index contributed by atoms with van der Waals surface area (Å²) in [6.07, 6.45) is 0. The number of hydrogen-bond donors (Lipinski definition) is 1. The highest BCUT2D eigenvalue weighted by Crippen LogP contribution is 2.16. The van der Waals surface area contributed by atoms with E-state index >= 15 is 0 Å². The van der Waals surface area contributed by atoms with Crippen LogP contribution >= 0.6 is 11.3 Å². The lowest BCUT2D eigenvalue weighted by Gasteiger charge is -2.10. The predicted molar refractivity (Wildman–Crippen MR) is 77.9 cm³/mol. The lowest BCUT2D eigenvalue weighted by atomic mass is 10.1. The number of aromatic nitrogens is 1. The average Bonchev–Trinajstić information content (AvgIpc) is 2.65. The van der Waals surface area contributed by atoms with E-state index in [2.05, 4.69) is 5.32 Å². The van der Waals surface area contributed by atoms with Gasteiger partial charge in [-0.25, -0.2) is 0 Å². The fourth-order valence-electron chi connectivity index (χ4n) is 1.80. The number of benzene rings is 1. The zero-order valence-corrected chi connectivity index (χ0v) is 12.0. The molecule has 100 valence electrons. The van der Waals surface area contributed by atoms with Crippen LogP contribution < -0.4 is 10.2 Å². The van der Waals surface area contributed by atoms with E-state index in [1.165, 1.54) is 4.57 Å². The van der Waals surface area contributed by atoms with Gasteiger partial charge in [-0.05, 0) is 38.0 Å². The van der Waals surface area contributed by atoms with Crippen LogP contribution in [0.4, 0.5) is 5.69 Å². The summed E-state index contributed by atoms with van der Waals surface area (Å²) in [6.45, 7) is 5.80. The van der Waals surface area contributed by atoms with Crippen LogP contribution in [0.1, 0.15) is 16.8 Å². The van der Waals surface area contributed by atoms with Gasteiger partial charge in [0, 0.05) is 16.8 Å². The minimum absolute atomic E-state index is 0.0571. The van der Waals surface area contributed by atoms with Gasteiger partial charge in [0.05, 0.1) is 0 Å². The number of rotatable bonds is 3. The molecule has 0 aliphatic heterocycles. The Morgan fingerprint density at radius 2 is 2.05 bits per heavy atom. The van der Waals surface area contributed by atoms with Gasteiger partial charge in [0.2, 0.25) is 5.91 Å². The van der Waals surface area contributed by atoms with Gasteiger partial charge in [-0.3, -0.25) is 14.2 Å². The summed E-state index contributed by atoms with van der Waals surface area (Å²) >= 11 is 1.11. The number of carbonyl (C=O) groups excluding carboxylic acids is 1. The molecule has 0 spiro atoms. The first kappa shape index (κ1) is 13.5. The number of anilines is 1. The van der Waals surface area contributed by atoms with Gasteiger partial charge in [-0.1, -0.05) is 23.5 Å². The fraction of sp³-hybridized carbons (Fsp3) is 0.286. The molecule has 1 aromatic carbocycles. The molecule has 1 heterocycles. The normalized spacial score (nSPS) is 10.5. The molecule has 0 aliphatic rings. The Bertz CT molecular complexity index is 670. The van der Waals surface area contributed by atoms with Crippen molar-refractivity contribution in [3.05, 3.63) is 50.1 Å². The first-order valence-electron chi connectivity index (χ1n) is 5.99. The van der Waals surface area contributed by atoms with E-state index < -0.39 is 0 Å². The molecule has 1 N–H and O–H groups in total. The highest BCUT2D eigenvalue weighted by Gasteiger charge is 2.09. The summed E-state index contributed by atoms with van der Waals surface area (Å²) in [4.78, 5) is 23.4. The molecule has 4 nitrogen and oxygen atoms in total. The highest BCUT2D eigenvalue weighted by molar-refractivity contribution is 7.07. The van der Waals surface area contributed by atoms with E-state index in [0.29, 0.717) is 0 Å². The number of carbonyl (C=O) groups is 1. The predicted octanol–water partition coefficient (Wildman–Crippen LogP) is 2.47. The van der Waals surface area contributed by atoms with Crippen molar-refractivity contribution in [2.45, 2.75) is 27.3 Å². The van der Waals surface area contributed by atoms with Gasteiger partial charge in [0.1, 0.15) is 6.54 Å². The van der Waals surface area contributed by atoms with Gasteiger partial charge >= 0.3 is 4.87 Å². The zero-order chi connectivity index (χ0) is 14.0. The number of thiazole rings is 1. The van der Waals surface area contributed by atoms with Crippen molar-refractivity contribution in [2.75, 3.05) is 5.32 Å². The summed E-state index contributed by atoms with van der Waals surface area (Å²) in [5.74, 6) is -0.183. The quantitative estimate of drug-likeness (QED) is 0.936. The zero-order valence-electron chi connectivity index (χ0n) is 11.2. The Balaban J connectivity index is 2.14. The number of nitrogens with zero attached hydrogens (tertiary/aromatic N) is 1. The molecular weight excluding hydrogens is 260 g/mol. The van der Waals surface area contributed by atoms with Crippen LogP contribution in [0.15, 0.2) is 28.4 Å². The molecule has 1 amide bonds. The Morgan fingerprint density at radius 1 is 1.32 bits per heavy atom. The third kappa shape index (κ3) is 3.12. The number of aryl methyl sites for hydroxylation is 3. The first-order valence-corrected chi connectivity index (χ1v) is 6.87. The molecule has 0 saturated heterocycles. The molecule has 0 saturated carbocycles. The Hall–Kier alpha value is -1.88. The SMILES string of the molecule is Cc1ccc(C)c(NC(=O)Cn2c(C)csc2=O)c1. The first-order chi connectivity index (χ1) is 8.97. The van der Waals surface area contributed by atoms with E-state index in [9.17, 15) is 9.59 Å². The topological polar surface area (TPSA) is 51.1 Å². The highest BCUT2D eigenvalue weighted by atomic mass is 32.1. The molecule has 19 heavy (non-hydrogen) atoms. The lowest BCUT2D eigenvalue weighted by Crippen LogP contribution is -2.25. The average molecular weight is 276 g/mol. The van der Waals surface area contributed by atoms with Crippen molar-refractivity contribution in [1.29, 1.82) is 0 Å². The molecule has 0 bridgehead atoms. The van der Waals surface area contributed by atoms with Crippen LogP contribution in [0.3, 0.4) is 0 Å². The van der Waals surface area contributed by atoms with Crippen molar-refractivity contribution in [3.63, 3.8) is 0 Å². The maximum Gasteiger partial charge on any atom is 0.307 e. The van der Waals surface area contributed by atoms with Crippen LogP contribution in [0.2, 0.25) is 0 Å². The summed E-state index contributed by atoms with van der Waals surface area (Å²) in [7, 11) is 0. The molecular formula is C14H16N2O2S. The fourth-order valence-corrected chi connectivity index (χ4v) is 2.53. The standard InChI is InChI=1S/C14H16N2O2S/c1-9-4-5-10(2)12(6-9)15-13(17)7-16-11(3)8-19-14(16)18/h4-6,8H,7H2,1-3H3,(H,15,17). The number of hydrogen-bond acceptors (Lipinski definition) is 3. The van der Waals surface area contributed by atoms with E-state index in [1.807, 2.05) is 39.0 Å². The lowest BCUT2D eigenvalue weighted by molar-refractivity contribution is -0.116. The Labute approximate surface area is 115 Å². The summed E-state index contributed by atoms with van der Waals surface area (Å²) in [5.41, 5.74) is 3.70. The second kappa shape index (κ2) is 5.40. The molecule has 5 heteroatoms. The molecule has 2 rings (SSSR count). The van der Waals surface area contributed by atoms with Crippen LogP contribution in [-0.4, -0.2) is 10.5 Å². The third-order valence-corrected chi connectivity index (χ3v) is 3.83. The van der Waals surface area contributed by atoms with Crippen molar-refractivity contribution in [1.82, 2.24) is 4.57 Å². The van der Waals surface area contributed by atoms with Gasteiger partial charge in [-0.2, -0.15) is 0 Å². The monoisotopic (exact) mass is 276 g/mol. The second-order valence-electron chi connectivity index (χ2n) is 4.60. The van der Waals surface area contributed by atoms with Crippen molar-refractivity contribution >= 4 is 22.9 Å². The van der Waals surface area contributed by atoms with Crippen LogP contribution in [0.25, 0.3) is 0 Å². The summed E-state index contributed by atoms with van der Waals surface area (Å²) in [6, 6.07) is 5.89. The summed E-state index contributed by atoms with van der Waals surface area (Å²) < 4.78 is 1.48. The van der Waals surface area contributed by atoms with Crippen LogP contribution in [0, 0.1) is 20.8 Å². The molecule has 2 aromatic rings. The maximum atomic E-state index is 12.0.